The molecule has 156 valence electrons. The fraction of sp³-hybridized carbons (Fsp3) is 0.348. The van der Waals surface area contributed by atoms with Crippen LogP contribution < -0.4 is 10.1 Å². The highest BCUT2D eigenvalue weighted by Crippen LogP contribution is 2.29. The van der Waals surface area contributed by atoms with Gasteiger partial charge in [-0.1, -0.05) is 18.2 Å². The van der Waals surface area contributed by atoms with Gasteiger partial charge >= 0.3 is 0 Å². The van der Waals surface area contributed by atoms with Crippen molar-refractivity contribution < 1.29 is 9.53 Å². The highest BCUT2D eigenvalue weighted by atomic mass is 16.5. The van der Waals surface area contributed by atoms with Crippen LogP contribution in [0.3, 0.4) is 0 Å². The van der Waals surface area contributed by atoms with Gasteiger partial charge in [0.05, 0.1) is 30.6 Å². The summed E-state index contributed by atoms with van der Waals surface area (Å²) in [6.07, 6.45) is 3.71. The molecule has 1 aliphatic rings. The maximum atomic E-state index is 12.7. The smallest absolute Gasteiger partial charge is 0.256 e. The molecule has 0 fully saturated rings. The van der Waals surface area contributed by atoms with E-state index in [9.17, 15) is 4.79 Å². The van der Waals surface area contributed by atoms with Gasteiger partial charge in [-0.2, -0.15) is 5.10 Å². The fourth-order valence-electron chi connectivity index (χ4n) is 3.83. The van der Waals surface area contributed by atoms with Crippen molar-refractivity contribution in [3.63, 3.8) is 0 Å². The molecule has 1 unspecified atom stereocenters. The van der Waals surface area contributed by atoms with E-state index >= 15 is 0 Å². The molecule has 4 rings (SSSR count). The standard InChI is InChI=1S/C23H27N5O2/c1-15(2)27-14-20-19(23(27)29)12-17(22(26-20)30-4)13-24-16(3)18-8-5-6-9-21(18)28-11-7-10-25-28/h5-12,15-16,24H,13-14H2,1-4H3. The first-order chi connectivity index (χ1) is 14.5. The minimum atomic E-state index is 0.0356. The number of carbonyl (C=O) groups is 1. The molecule has 1 atom stereocenters. The number of fused-ring (bicyclic) bond motifs is 1. The molecule has 0 radical (unpaired) electrons. The third-order valence-corrected chi connectivity index (χ3v) is 5.52. The Hall–Kier alpha value is -3.19. The van der Waals surface area contributed by atoms with Gasteiger partial charge in [-0.15, -0.1) is 0 Å². The highest BCUT2D eigenvalue weighted by molar-refractivity contribution is 5.98. The monoisotopic (exact) mass is 405 g/mol. The van der Waals surface area contributed by atoms with E-state index in [0.717, 1.165) is 22.5 Å². The molecule has 3 heterocycles. The van der Waals surface area contributed by atoms with Crippen molar-refractivity contribution in [2.24, 2.45) is 0 Å². The maximum Gasteiger partial charge on any atom is 0.256 e. The number of rotatable bonds is 7. The third kappa shape index (κ3) is 3.68. The van der Waals surface area contributed by atoms with Crippen LogP contribution in [0.4, 0.5) is 0 Å². The van der Waals surface area contributed by atoms with Crippen LogP contribution in [0.25, 0.3) is 5.69 Å². The molecular formula is C23H27N5O2. The average Bonchev–Trinajstić information content (AvgIpc) is 3.40. The second-order valence-corrected chi connectivity index (χ2v) is 7.79. The van der Waals surface area contributed by atoms with Gasteiger partial charge in [0.25, 0.3) is 5.91 Å². The van der Waals surface area contributed by atoms with Crippen molar-refractivity contribution in [3.8, 4) is 11.6 Å². The van der Waals surface area contributed by atoms with Crippen molar-refractivity contribution in [2.75, 3.05) is 7.11 Å². The molecule has 0 aliphatic carbocycles. The number of benzene rings is 1. The number of hydrogen-bond acceptors (Lipinski definition) is 5. The number of ether oxygens (including phenoxy) is 1. The van der Waals surface area contributed by atoms with Gasteiger partial charge < -0.3 is 15.0 Å². The lowest BCUT2D eigenvalue weighted by Crippen LogP contribution is -2.30. The van der Waals surface area contributed by atoms with Gasteiger partial charge in [0, 0.05) is 36.6 Å². The zero-order chi connectivity index (χ0) is 21.3. The van der Waals surface area contributed by atoms with Gasteiger partial charge in [0.2, 0.25) is 5.88 Å². The first-order valence-corrected chi connectivity index (χ1v) is 10.2. The second-order valence-electron chi connectivity index (χ2n) is 7.79. The number of hydrogen-bond donors (Lipinski definition) is 1. The Morgan fingerprint density at radius 1 is 1.20 bits per heavy atom. The Bertz CT molecular complexity index is 1050. The van der Waals surface area contributed by atoms with Crippen molar-refractivity contribution >= 4 is 5.91 Å². The van der Waals surface area contributed by atoms with E-state index in [1.807, 2.05) is 53.9 Å². The summed E-state index contributed by atoms with van der Waals surface area (Å²) in [5, 5.41) is 7.91. The summed E-state index contributed by atoms with van der Waals surface area (Å²) in [5.74, 6) is 0.598. The molecule has 0 saturated heterocycles. The van der Waals surface area contributed by atoms with Crippen LogP contribution in [0.5, 0.6) is 5.88 Å². The Morgan fingerprint density at radius 2 is 2.00 bits per heavy atom. The number of aromatic nitrogens is 3. The van der Waals surface area contributed by atoms with Crippen molar-refractivity contribution in [1.29, 1.82) is 0 Å². The summed E-state index contributed by atoms with van der Waals surface area (Å²) < 4.78 is 7.39. The molecule has 1 N–H and O–H groups in total. The topological polar surface area (TPSA) is 72.3 Å². The molecule has 3 aromatic rings. The van der Waals surface area contributed by atoms with Crippen LogP contribution in [0.2, 0.25) is 0 Å². The number of methoxy groups -OCH3 is 1. The SMILES string of the molecule is COc1nc2c(cc1CNC(C)c1ccccc1-n1cccn1)C(=O)N(C(C)C)C2. The zero-order valence-electron chi connectivity index (χ0n) is 17.8. The molecular weight excluding hydrogens is 378 g/mol. The van der Waals surface area contributed by atoms with Crippen molar-refractivity contribution in [2.45, 2.75) is 45.9 Å². The summed E-state index contributed by atoms with van der Waals surface area (Å²) in [6, 6.07) is 12.2. The molecule has 0 spiro atoms. The predicted molar refractivity (Wildman–Crippen MR) is 115 cm³/mol. The van der Waals surface area contributed by atoms with Crippen LogP contribution in [0, 0.1) is 0 Å². The summed E-state index contributed by atoms with van der Waals surface area (Å²) in [6.45, 7) is 7.21. The number of amides is 1. The fourth-order valence-corrected chi connectivity index (χ4v) is 3.83. The van der Waals surface area contributed by atoms with E-state index in [0.29, 0.717) is 24.5 Å². The molecule has 7 nitrogen and oxygen atoms in total. The van der Waals surface area contributed by atoms with Crippen molar-refractivity contribution in [1.82, 2.24) is 25.0 Å². The molecule has 0 bridgehead atoms. The molecule has 1 aromatic carbocycles. The largest absolute Gasteiger partial charge is 0.481 e. The van der Waals surface area contributed by atoms with Crippen LogP contribution in [-0.4, -0.2) is 38.7 Å². The van der Waals surface area contributed by atoms with Crippen LogP contribution in [0.15, 0.2) is 48.8 Å². The lowest BCUT2D eigenvalue weighted by Gasteiger charge is -2.19. The van der Waals surface area contributed by atoms with E-state index in [1.54, 1.807) is 13.3 Å². The summed E-state index contributed by atoms with van der Waals surface area (Å²) in [5.41, 5.74) is 4.50. The van der Waals surface area contributed by atoms with Gasteiger partial charge in [-0.3, -0.25) is 4.79 Å². The lowest BCUT2D eigenvalue weighted by molar-refractivity contribution is 0.0730. The van der Waals surface area contributed by atoms with E-state index < -0.39 is 0 Å². The number of pyridine rings is 1. The van der Waals surface area contributed by atoms with Crippen LogP contribution >= 0.6 is 0 Å². The predicted octanol–water partition coefficient (Wildman–Crippen LogP) is 3.49. The Morgan fingerprint density at radius 3 is 2.70 bits per heavy atom. The van der Waals surface area contributed by atoms with Crippen LogP contribution in [-0.2, 0) is 13.1 Å². The van der Waals surface area contributed by atoms with E-state index in [1.165, 1.54) is 0 Å². The van der Waals surface area contributed by atoms with Crippen LogP contribution in [0.1, 0.15) is 54.0 Å². The van der Waals surface area contributed by atoms with Crippen molar-refractivity contribution in [3.05, 3.63) is 71.2 Å². The Kier molecular flexibility index (Phi) is 5.55. The molecule has 0 saturated carbocycles. The van der Waals surface area contributed by atoms with Gasteiger partial charge in [0.15, 0.2) is 0 Å². The highest BCUT2D eigenvalue weighted by Gasteiger charge is 2.31. The van der Waals surface area contributed by atoms with E-state index in [4.69, 9.17) is 4.74 Å². The van der Waals surface area contributed by atoms with E-state index in [-0.39, 0.29) is 18.0 Å². The Balaban J connectivity index is 1.56. The number of nitrogens with one attached hydrogen (secondary N) is 1. The molecule has 1 aliphatic heterocycles. The summed E-state index contributed by atoms with van der Waals surface area (Å²) >= 11 is 0. The summed E-state index contributed by atoms with van der Waals surface area (Å²) in [4.78, 5) is 19.2. The molecule has 7 heteroatoms. The molecule has 30 heavy (non-hydrogen) atoms. The minimum absolute atomic E-state index is 0.0356. The zero-order valence-corrected chi connectivity index (χ0v) is 17.8. The third-order valence-electron chi connectivity index (χ3n) is 5.52. The maximum absolute atomic E-state index is 12.7. The lowest BCUT2D eigenvalue weighted by atomic mass is 10.1. The normalized spacial score (nSPS) is 14.3. The van der Waals surface area contributed by atoms with Gasteiger partial charge in [-0.05, 0) is 44.5 Å². The van der Waals surface area contributed by atoms with E-state index in [2.05, 4.69) is 34.5 Å². The Labute approximate surface area is 176 Å². The summed E-state index contributed by atoms with van der Waals surface area (Å²) in [7, 11) is 1.62. The number of para-hydroxylation sites is 1. The minimum Gasteiger partial charge on any atom is -0.481 e. The quantitative estimate of drug-likeness (QED) is 0.651. The second kappa shape index (κ2) is 8.28. The molecule has 2 aromatic heterocycles. The first kappa shape index (κ1) is 20.1. The number of carbonyl (C=O) groups excluding carboxylic acids is 1. The van der Waals surface area contributed by atoms with Gasteiger partial charge in [0.1, 0.15) is 0 Å². The average molecular weight is 406 g/mol. The molecule has 1 amide bonds. The van der Waals surface area contributed by atoms with Gasteiger partial charge in [-0.25, -0.2) is 9.67 Å². The number of nitrogens with zero attached hydrogens (tertiary/aromatic N) is 4. The first-order valence-electron chi connectivity index (χ1n) is 10.2.